The van der Waals surface area contributed by atoms with Gasteiger partial charge in [-0.2, -0.15) is 4.98 Å². The molecule has 0 unspecified atom stereocenters. The summed E-state index contributed by atoms with van der Waals surface area (Å²) in [6, 6.07) is 0.209. The average molecular weight is 422 g/mol. The summed E-state index contributed by atoms with van der Waals surface area (Å²) >= 11 is 0. The largest absolute Gasteiger partial charge is 0.340 e. The molecule has 1 saturated heterocycles. The fraction of sp³-hybridized carbons (Fsp3) is 0.833. The van der Waals surface area contributed by atoms with Gasteiger partial charge in [0, 0.05) is 44.1 Å². The van der Waals surface area contributed by atoms with E-state index in [1.165, 1.54) is 0 Å². The van der Waals surface area contributed by atoms with Crippen LogP contribution < -0.4 is 5.73 Å². The van der Waals surface area contributed by atoms with Crippen molar-refractivity contribution >= 4 is 30.7 Å². The molecule has 7 nitrogen and oxygen atoms in total. The lowest BCUT2D eigenvalue weighted by Crippen LogP contribution is -2.49. The fourth-order valence-electron chi connectivity index (χ4n) is 3.65. The summed E-state index contributed by atoms with van der Waals surface area (Å²) in [5, 5.41) is 4.09. The van der Waals surface area contributed by atoms with E-state index in [1.807, 2.05) is 4.90 Å². The lowest BCUT2D eigenvalue weighted by molar-refractivity contribution is -0.134. The first-order valence-electron chi connectivity index (χ1n) is 9.41. The molecular formula is C18H33Cl2N5O2. The Labute approximate surface area is 174 Å². The predicted molar refractivity (Wildman–Crippen MR) is 109 cm³/mol. The van der Waals surface area contributed by atoms with E-state index >= 15 is 0 Å². The minimum atomic E-state index is -0.128. The highest BCUT2D eigenvalue weighted by Gasteiger charge is 2.29. The Morgan fingerprint density at radius 1 is 1.19 bits per heavy atom. The van der Waals surface area contributed by atoms with Crippen molar-refractivity contribution in [3.63, 3.8) is 0 Å². The highest BCUT2D eigenvalue weighted by molar-refractivity contribution is 5.85. The van der Waals surface area contributed by atoms with Crippen molar-refractivity contribution < 1.29 is 9.32 Å². The van der Waals surface area contributed by atoms with Crippen LogP contribution in [0, 0.1) is 5.92 Å². The minimum absolute atomic E-state index is 0. The summed E-state index contributed by atoms with van der Waals surface area (Å²) in [4.78, 5) is 21.2. The Balaban J connectivity index is 0.00000182. The Bertz CT molecular complexity index is 597. The van der Waals surface area contributed by atoms with Gasteiger partial charge in [-0.15, -0.1) is 24.8 Å². The highest BCUT2D eigenvalue weighted by Crippen LogP contribution is 2.27. The molecule has 1 saturated carbocycles. The second-order valence-corrected chi connectivity index (χ2v) is 8.48. The molecule has 2 fully saturated rings. The molecule has 0 spiro atoms. The van der Waals surface area contributed by atoms with Crippen LogP contribution in [0.4, 0.5) is 0 Å². The molecule has 0 bridgehead atoms. The topological polar surface area (TPSA) is 88.5 Å². The average Bonchev–Trinajstić information content (AvgIpc) is 3.17. The molecular weight excluding hydrogens is 389 g/mol. The summed E-state index contributed by atoms with van der Waals surface area (Å²) in [6.45, 7) is 10.1. The van der Waals surface area contributed by atoms with Crippen LogP contribution in [0.5, 0.6) is 0 Å². The molecule has 0 radical (unpaired) electrons. The van der Waals surface area contributed by atoms with Crippen molar-refractivity contribution in [1.29, 1.82) is 0 Å². The van der Waals surface area contributed by atoms with Gasteiger partial charge in [0.1, 0.15) is 0 Å². The number of hydrogen-bond donors (Lipinski definition) is 1. The zero-order chi connectivity index (χ0) is 18.0. The Hall–Kier alpha value is -0.890. The van der Waals surface area contributed by atoms with Crippen LogP contribution in [0.3, 0.4) is 0 Å². The molecule has 2 aliphatic rings. The normalized spacial score (nSPS) is 23.6. The molecule has 1 aromatic rings. The van der Waals surface area contributed by atoms with Gasteiger partial charge in [-0.3, -0.25) is 9.69 Å². The third-order valence-corrected chi connectivity index (χ3v) is 5.35. The van der Waals surface area contributed by atoms with Gasteiger partial charge in [0.2, 0.25) is 11.8 Å². The third kappa shape index (κ3) is 6.31. The lowest BCUT2D eigenvalue weighted by Gasteiger charge is -2.34. The SMILES string of the molecule is CC(C)(C)c1nc(CN2CCN(C(=O)C[C@@H]3CCC[C@H]3N)CC2)no1.Cl.Cl. The molecule has 1 amide bonds. The van der Waals surface area contributed by atoms with Crippen LogP contribution >= 0.6 is 24.8 Å². The number of amides is 1. The van der Waals surface area contributed by atoms with Crippen LogP contribution in [-0.4, -0.2) is 58.1 Å². The predicted octanol–water partition coefficient (Wildman–Crippen LogP) is 2.37. The first-order valence-corrected chi connectivity index (χ1v) is 9.41. The van der Waals surface area contributed by atoms with Gasteiger partial charge in [-0.25, -0.2) is 0 Å². The van der Waals surface area contributed by atoms with Gasteiger partial charge < -0.3 is 15.2 Å². The molecule has 1 aromatic heterocycles. The number of carbonyl (C=O) groups excluding carboxylic acids is 1. The molecule has 27 heavy (non-hydrogen) atoms. The van der Waals surface area contributed by atoms with E-state index in [4.69, 9.17) is 10.3 Å². The van der Waals surface area contributed by atoms with Crippen molar-refractivity contribution in [3.05, 3.63) is 11.7 Å². The number of rotatable bonds is 4. The van der Waals surface area contributed by atoms with Crippen LogP contribution in [-0.2, 0) is 16.8 Å². The van der Waals surface area contributed by atoms with Crippen LogP contribution in [0.1, 0.15) is 58.2 Å². The lowest BCUT2D eigenvalue weighted by atomic mass is 9.97. The standard InChI is InChI=1S/C18H31N5O2.2ClH/c1-18(2,3)17-20-15(21-25-17)12-22-7-9-23(10-8-22)16(24)11-13-5-4-6-14(13)19;;/h13-14H,4-12,19H2,1-3H3;2*1H/t13-,14+;;/m0../s1. The van der Waals surface area contributed by atoms with E-state index in [0.29, 0.717) is 24.8 Å². The summed E-state index contributed by atoms with van der Waals surface area (Å²) in [7, 11) is 0. The smallest absolute Gasteiger partial charge is 0.232 e. The maximum atomic E-state index is 12.5. The van der Waals surface area contributed by atoms with Crippen molar-refractivity contribution in [2.45, 2.75) is 64.5 Å². The summed E-state index contributed by atoms with van der Waals surface area (Å²) in [5.41, 5.74) is 5.97. The number of aromatic nitrogens is 2. The van der Waals surface area contributed by atoms with Gasteiger partial charge in [-0.1, -0.05) is 32.3 Å². The molecule has 2 atom stereocenters. The first kappa shape index (κ1) is 24.1. The van der Waals surface area contributed by atoms with E-state index in [2.05, 4.69) is 35.8 Å². The summed E-state index contributed by atoms with van der Waals surface area (Å²) in [6.07, 6.45) is 3.93. The molecule has 2 heterocycles. The molecule has 156 valence electrons. The Morgan fingerprint density at radius 2 is 1.85 bits per heavy atom. The van der Waals surface area contributed by atoms with E-state index in [-0.39, 0.29) is 42.2 Å². The van der Waals surface area contributed by atoms with Gasteiger partial charge in [-0.05, 0) is 18.8 Å². The zero-order valence-electron chi connectivity index (χ0n) is 16.5. The van der Waals surface area contributed by atoms with E-state index in [9.17, 15) is 4.79 Å². The van der Waals surface area contributed by atoms with Crippen LogP contribution in [0.25, 0.3) is 0 Å². The van der Waals surface area contributed by atoms with Crippen LogP contribution in [0.2, 0.25) is 0 Å². The third-order valence-electron chi connectivity index (χ3n) is 5.35. The number of carbonyl (C=O) groups is 1. The van der Waals surface area contributed by atoms with E-state index < -0.39 is 0 Å². The van der Waals surface area contributed by atoms with Gasteiger partial charge >= 0.3 is 0 Å². The quantitative estimate of drug-likeness (QED) is 0.802. The number of nitrogens with zero attached hydrogens (tertiary/aromatic N) is 4. The van der Waals surface area contributed by atoms with E-state index in [1.54, 1.807) is 0 Å². The Morgan fingerprint density at radius 3 is 2.37 bits per heavy atom. The van der Waals surface area contributed by atoms with E-state index in [0.717, 1.165) is 51.3 Å². The van der Waals surface area contributed by atoms with Gasteiger partial charge in [0.15, 0.2) is 5.82 Å². The fourth-order valence-corrected chi connectivity index (χ4v) is 3.65. The second kappa shape index (κ2) is 10.0. The monoisotopic (exact) mass is 421 g/mol. The number of halogens is 2. The Kier molecular flexibility index (Phi) is 8.99. The van der Waals surface area contributed by atoms with Crippen LogP contribution in [0.15, 0.2) is 4.52 Å². The maximum absolute atomic E-state index is 12.5. The molecule has 1 aliphatic heterocycles. The van der Waals surface area contributed by atoms with Gasteiger partial charge in [0.25, 0.3) is 0 Å². The number of nitrogens with two attached hydrogens (primary N) is 1. The molecule has 3 rings (SSSR count). The zero-order valence-corrected chi connectivity index (χ0v) is 18.2. The maximum Gasteiger partial charge on any atom is 0.232 e. The summed E-state index contributed by atoms with van der Waals surface area (Å²) in [5.74, 6) is 2.03. The number of hydrogen-bond acceptors (Lipinski definition) is 6. The van der Waals surface area contributed by atoms with Crippen molar-refractivity contribution in [3.8, 4) is 0 Å². The number of piperazine rings is 1. The second-order valence-electron chi connectivity index (χ2n) is 8.48. The highest BCUT2D eigenvalue weighted by atomic mass is 35.5. The van der Waals surface area contributed by atoms with Crippen molar-refractivity contribution in [2.24, 2.45) is 11.7 Å². The molecule has 1 aliphatic carbocycles. The minimum Gasteiger partial charge on any atom is -0.340 e. The molecule has 2 N–H and O–H groups in total. The van der Waals surface area contributed by atoms with Crippen molar-refractivity contribution in [2.75, 3.05) is 26.2 Å². The summed E-state index contributed by atoms with van der Waals surface area (Å²) < 4.78 is 5.35. The molecule has 0 aromatic carbocycles. The van der Waals surface area contributed by atoms with Gasteiger partial charge in [0.05, 0.1) is 6.54 Å². The first-order chi connectivity index (χ1) is 11.8. The van der Waals surface area contributed by atoms with Crippen molar-refractivity contribution in [1.82, 2.24) is 19.9 Å². The molecule has 9 heteroatoms.